The molecule has 0 aliphatic rings. The molecule has 0 saturated carbocycles. The molecule has 1 aromatic rings. The van der Waals surface area contributed by atoms with Gasteiger partial charge in [-0.05, 0) is 31.5 Å². The van der Waals surface area contributed by atoms with E-state index in [1.54, 1.807) is 0 Å². The van der Waals surface area contributed by atoms with Crippen LogP contribution in [-0.4, -0.2) is 12.3 Å². The quantitative estimate of drug-likeness (QED) is 0.589. The first kappa shape index (κ1) is 13.8. The van der Waals surface area contributed by atoms with E-state index < -0.39 is 11.6 Å². The maximum atomic E-state index is 13.3. The van der Waals surface area contributed by atoms with E-state index in [1.165, 1.54) is 6.07 Å². The van der Waals surface area contributed by atoms with Gasteiger partial charge in [0.15, 0.2) is 5.78 Å². The van der Waals surface area contributed by atoms with E-state index in [9.17, 15) is 13.6 Å². The first-order valence-corrected chi connectivity index (χ1v) is 5.83. The van der Waals surface area contributed by atoms with E-state index in [0.717, 1.165) is 37.8 Å². The summed E-state index contributed by atoms with van der Waals surface area (Å²) >= 11 is 0. The van der Waals surface area contributed by atoms with Gasteiger partial charge in [-0.1, -0.05) is 12.8 Å². The molecule has 0 bridgehead atoms. The minimum absolute atomic E-state index is 0.0229. The molecule has 0 unspecified atom stereocenters. The third-order valence-electron chi connectivity index (χ3n) is 2.59. The number of halogens is 2. The van der Waals surface area contributed by atoms with E-state index in [1.807, 2.05) is 0 Å². The van der Waals surface area contributed by atoms with Gasteiger partial charge in [-0.15, -0.1) is 0 Å². The maximum absolute atomic E-state index is 13.3. The molecule has 2 nitrogen and oxygen atoms in total. The molecule has 1 rings (SSSR count). The number of nitrogens with two attached hydrogens (primary N) is 1. The summed E-state index contributed by atoms with van der Waals surface area (Å²) in [5.74, 6) is -1.71. The summed E-state index contributed by atoms with van der Waals surface area (Å²) in [4.78, 5) is 11.6. The summed E-state index contributed by atoms with van der Waals surface area (Å²) in [6.07, 6.45) is 3.85. The van der Waals surface area contributed by atoms with Crippen molar-refractivity contribution in [1.82, 2.24) is 0 Å². The van der Waals surface area contributed by atoms with Gasteiger partial charge < -0.3 is 5.73 Å². The molecule has 0 aliphatic heterocycles. The SMILES string of the molecule is NCCCCCCC(=O)c1ccc(F)cc1F. The molecular formula is C13H17F2NO. The van der Waals surface area contributed by atoms with Crippen molar-refractivity contribution in [2.24, 2.45) is 5.73 Å². The number of Topliss-reactive ketones (excluding diaryl/α,β-unsaturated/α-hetero) is 1. The van der Waals surface area contributed by atoms with Crippen molar-refractivity contribution in [3.8, 4) is 0 Å². The van der Waals surface area contributed by atoms with Crippen LogP contribution < -0.4 is 5.73 Å². The maximum Gasteiger partial charge on any atom is 0.165 e. The van der Waals surface area contributed by atoms with Gasteiger partial charge in [0.1, 0.15) is 11.6 Å². The Bertz CT molecular complexity index is 380. The zero-order valence-corrected chi connectivity index (χ0v) is 9.72. The van der Waals surface area contributed by atoms with Crippen LogP contribution >= 0.6 is 0 Å². The van der Waals surface area contributed by atoms with Gasteiger partial charge >= 0.3 is 0 Å². The van der Waals surface area contributed by atoms with Crippen LogP contribution in [0.25, 0.3) is 0 Å². The van der Waals surface area contributed by atoms with Gasteiger partial charge in [0.05, 0.1) is 5.56 Å². The fourth-order valence-corrected chi connectivity index (χ4v) is 1.63. The Morgan fingerprint density at radius 2 is 1.82 bits per heavy atom. The lowest BCUT2D eigenvalue weighted by Gasteiger charge is -2.03. The number of unbranched alkanes of at least 4 members (excludes halogenated alkanes) is 3. The fourth-order valence-electron chi connectivity index (χ4n) is 1.63. The van der Waals surface area contributed by atoms with Crippen LogP contribution in [0.15, 0.2) is 18.2 Å². The summed E-state index contributed by atoms with van der Waals surface area (Å²) in [7, 11) is 0. The highest BCUT2D eigenvalue weighted by Crippen LogP contribution is 2.14. The van der Waals surface area contributed by atoms with Crippen LogP contribution in [0.3, 0.4) is 0 Å². The molecular weight excluding hydrogens is 224 g/mol. The average molecular weight is 241 g/mol. The second-order valence-electron chi connectivity index (χ2n) is 4.00. The zero-order valence-electron chi connectivity index (χ0n) is 9.72. The molecule has 0 atom stereocenters. The highest BCUT2D eigenvalue weighted by Gasteiger charge is 2.11. The van der Waals surface area contributed by atoms with E-state index >= 15 is 0 Å². The van der Waals surface area contributed by atoms with Gasteiger partial charge in [0.25, 0.3) is 0 Å². The Morgan fingerprint density at radius 3 is 2.47 bits per heavy atom. The third-order valence-corrected chi connectivity index (χ3v) is 2.59. The van der Waals surface area contributed by atoms with E-state index in [4.69, 9.17) is 5.73 Å². The summed E-state index contributed by atoms with van der Waals surface area (Å²) in [5, 5.41) is 0. The Balaban J connectivity index is 2.42. The zero-order chi connectivity index (χ0) is 12.7. The first-order chi connectivity index (χ1) is 8.15. The molecule has 17 heavy (non-hydrogen) atoms. The number of ketones is 1. The monoisotopic (exact) mass is 241 g/mol. The van der Waals surface area contributed by atoms with Crippen molar-refractivity contribution >= 4 is 5.78 Å². The molecule has 4 heteroatoms. The van der Waals surface area contributed by atoms with Crippen LogP contribution in [0, 0.1) is 11.6 Å². The second-order valence-corrected chi connectivity index (χ2v) is 4.00. The number of rotatable bonds is 7. The van der Waals surface area contributed by atoms with Crippen molar-refractivity contribution in [3.05, 3.63) is 35.4 Å². The lowest BCUT2D eigenvalue weighted by molar-refractivity contribution is 0.0975. The Labute approximate surface area is 99.8 Å². The van der Waals surface area contributed by atoms with Gasteiger partial charge in [0, 0.05) is 12.5 Å². The normalized spacial score (nSPS) is 10.5. The minimum atomic E-state index is -0.781. The number of benzene rings is 1. The molecule has 0 heterocycles. The molecule has 0 aliphatic carbocycles. The molecule has 0 radical (unpaired) electrons. The predicted octanol–water partition coefficient (Wildman–Crippen LogP) is 3.06. The molecule has 0 aromatic heterocycles. The Kier molecular flexibility index (Phi) is 5.77. The minimum Gasteiger partial charge on any atom is -0.330 e. The van der Waals surface area contributed by atoms with Crippen LogP contribution in [-0.2, 0) is 0 Å². The lowest BCUT2D eigenvalue weighted by atomic mass is 10.0. The molecule has 1 aromatic carbocycles. The predicted molar refractivity (Wildman–Crippen MR) is 62.8 cm³/mol. The van der Waals surface area contributed by atoms with Crippen molar-refractivity contribution in [1.29, 1.82) is 0 Å². The third kappa shape index (κ3) is 4.61. The Morgan fingerprint density at radius 1 is 1.12 bits per heavy atom. The number of hydrogen-bond acceptors (Lipinski definition) is 2. The molecule has 0 fully saturated rings. The van der Waals surface area contributed by atoms with Crippen molar-refractivity contribution < 1.29 is 13.6 Å². The van der Waals surface area contributed by atoms with E-state index in [2.05, 4.69) is 0 Å². The van der Waals surface area contributed by atoms with Crippen molar-refractivity contribution in [2.75, 3.05) is 6.54 Å². The van der Waals surface area contributed by atoms with Crippen LogP contribution in [0.4, 0.5) is 8.78 Å². The molecule has 0 amide bonds. The molecule has 0 spiro atoms. The molecule has 0 saturated heterocycles. The van der Waals surface area contributed by atoms with Crippen molar-refractivity contribution in [3.63, 3.8) is 0 Å². The number of carbonyl (C=O) groups is 1. The molecule has 2 N–H and O–H groups in total. The van der Waals surface area contributed by atoms with E-state index in [0.29, 0.717) is 13.0 Å². The smallest absolute Gasteiger partial charge is 0.165 e. The summed E-state index contributed by atoms with van der Waals surface area (Å²) in [6.45, 7) is 0.653. The topological polar surface area (TPSA) is 43.1 Å². The number of hydrogen-bond donors (Lipinski definition) is 1. The van der Waals surface area contributed by atoms with Crippen molar-refractivity contribution in [2.45, 2.75) is 32.1 Å². The molecule has 94 valence electrons. The second kappa shape index (κ2) is 7.12. The average Bonchev–Trinajstić information content (AvgIpc) is 2.28. The van der Waals surface area contributed by atoms with Gasteiger partial charge in [-0.3, -0.25) is 4.79 Å². The summed E-state index contributed by atoms with van der Waals surface area (Å²) < 4.78 is 25.9. The largest absolute Gasteiger partial charge is 0.330 e. The van der Waals surface area contributed by atoms with Gasteiger partial charge in [0.2, 0.25) is 0 Å². The Hall–Kier alpha value is -1.29. The van der Waals surface area contributed by atoms with Gasteiger partial charge in [-0.2, -0.15) is 0 Å². The summed E-state index contributed by atoms with van der Waals surface area (Å²) in [6, 6.07) is 3.04. The fraction of sp³-hybridized carbons (Fsp3) is 0.462. The standard InChI is InChI=1S/C13H17F2NO/c14-10-6-7-11(12(15)9-10)13(17)5-3-1-2-4-8-16/h6-7,9H,1-5,8,16H2. The van der Waals surface area contributed by atoms with E-state index in [-0.39, 0.29) is 11.3 Å². The lowest BCUT2D eigenvalue weighted by Crippen LogP contribution is -2.03. The highest BCUT2D eigenvalue weighted by atomic mass is 19.1. The van der Waals surface area contributed by atoms with Crippen LogP contribution in [0.5, 0.6) is 0 Å². The summed E-state index contributed by atoms with van der Waals surface area (Å²) in [5.41, 5.74) is 5.32. The first-order valence-electron chi connectivity index (χ1n) is 5.83. The number of carbonyl (C=O) groups excluding carboxylic acids is 1. The van der Waals surface area contributed by atoms with Crippen LogP contribution in [0.2, 0.25) is 0 Å². The van der Waals surface area contributed by atoms with Crippen LogP contribution in [0.1, 0.15) is 42.5 Å². The van der Waals surface area contributed by atoms with Gasteiger partial charge in [-0.25, -0.2) is 8.78 Å². The highest BCUT2D eigenvalue weighted by molar-refractivity contribution is 5.96.